The maximum absolute atomic E-state index is 14.6. The van der Waals surface area contributed by atoms with E-state index in [0.717, 1.165) is 43.7 Å². The van der Waals surface area contributed by atoms with Crippen LogP contribution in [-0.2, 0) is 0 Å². The van der Waals surface area contributed by atoms with Crippen molar-refractivity contribution in [3.63, 3.8) is 0 Å². The molecule has 2 aliphatic rings. The summed E-state index contributed by atoms with van der Waals surface area (Å²) in [5, 5.41) is 21.0. The number of aromatic carboxylic acids is 1. The summed E-state index contributed by atoms with van der Waals surface area (Å²) < 4.78 is 14.6. The zero-order chi connectivity index (χ0) is 22.8. The van der Waals surface area contributed by atoms with E-state index in [1.54, 1.807) is 6.07 Å². The Bertz CT molecular complexity index is 1140. The van der Waals surface area contributed by atoms with Gasteiger partial charge in [0.05, 0.1) is 21.9 Å². The minimum atomic E-state index is -1.23. The molecule has 7 heteroatoms. The number of carbonyl (C=O) groups is 2. The third kappa shape index (κ3) is 4.32. The van der Waals surface area contributed by atoms with Gasteiger partial charge in [-0.2, -0.15) is 0 Å². The van der Waals surface area contributed by atoms with E-state index in [-0.39, 0.29) is 22.7 Å². The van der Waals surface area contributed by atoms with Crippen molar-refractivity contribution in [2.24, 2.45) is 0 Å². The smallest absolute Gasteiger partial charge is 0.335 e. The molecule has 4 rings (SSSR count). The number of carboxylic acid groups (broad SMARTS) is 1. The molecule has 0 radical (unpaired) electrons. The molecule has 32 heavy (non-hydrogen) atoms. The minimum absolute atomic E-state index is 0.0200. The van der Waals surface area contributed by atoms with Crippen molar-refractivity contribution >= 4 is 29.2 Å². The zero-order valence-corrected chi connectivity index (χ0v) is 18.3. The van der Waals surface area contributed by atoms with E-state index in [2.05, 4.69) is 5.32 Å². The fraction of sp³-hybridized carbons (Fsp3) is 0.320. The van der Waals surface area contributed by atoms with E-state index in [0.29, 0.717) is 40.6 Å². The van der Waals surface area contributed by atoms with Crippen molar-refractivity contribution < 1.29 is 19.1 Å². The van der Waals surface area contributed by atoms with Crippen molar-refractivity contribution in [2.45, 2.75) is 50.9 Å². The molecule has 5 nitrogen and oxygen atoms in total. The second kappa shape index (κ2) is 9.25. The maximum Gasteiger partial charge on any atom is 0.335 e. The Kier molecular flexibility index (Phi) is 6.42. The summed E-state index contributed by atoms with van der Waals surface area (Å²) in [6, 6.07) is 9.02. The van der Waals surface area contributed by atoms with Crippen molar-refractivity contribution in [1.82, 2.24) is 5.32 Å². The number of benzene rings is 2. The van der Waals surface area contributed by atoms with Gasteiger partial charge in [0.15, 0.2) is 0 Å². The molecule has 0 saturated heterocycles. The lowest BCUT2D eigenvalue weighted by Crippen LogP contribution is -2.29. The molecular formula is C25H24ClFN2O3. The molecule has 0 aliphatic heterocycles. The normalized spacial score (nSPS) is 16.4. The molecule has 0 aromatic heterocycles. The summed E-state index contributed by atoms with van der Waals surface area (Å²) in [5.41, 5.74) is 2.41. The maximum atomic E-state index is 14.6. The number of amides is 1. The fourth-order valence-electron chi connectivity index (χ4n) is 4.37. The Hall–Kier alpha value is -2.99. The van der Waals surface area contributed by atoms with Gasteiger partial charge >= 0.3 is 5.97 Å². The average Bonchev–Trinajstić information content (AvgIpc) is 2.72. The number of nitrogens with one attached hydrogen (secondary N) is 2. The Balaban J connectivity index is 1.65. The standard InChI is InChI=1S/C25H24ClFN2O3/c26-19-9-4-8-16(14-5-3-6-14)22(19)24(30)29-21-10-2-1-7-18(21)23(28)17-12-11-15(25(31)32)13-20(17)27/h4,8-9,11-14,28H,1-3,5-7,10H2,(H,29,30)(H,31,32). The molecule has 1 amide bonds. The number of halogens is 2. The highest BCUT2D eigenvalue weighted by molar-refractivity contribution is 6.34. The summed E-state index contributed by atoms with van der Waals surface area (Å²) in [6.07, 6.45) is 5.98. The Morgan fingerprint density at radius 2 is 1.84 bits per heavy atom. The summed E-state index contributed by atoms with van der Waals surface area (Å²) >= 11 is 6.41. The molecule has 0 heterocycles. The van der Waals surface area contributed by atoms with Gasteiger partial charge in [0.1, 0.15) is 5.82 Å². The summed E-state index contributed by atoms with van der Waals surface area (Å²) in [4.78, 5) is 24.3. The van der Waals surface area contributed by atoms with Crippen LogP contribution in [0.5, 0.6) is 0 Å². The van der Waals surface area contributed by atoms with Gasteiger partial charge in [-0.3, -0.25) is 10.2 Å². The molecule has 1 fully saturated rings. The highest BCUT2D eigenvalue weighted by Gasteiger charge is 2.28. The predicted octanol–water partition coefficient (Wildman–Crippen LogP) is 6.07. The van der Waals surface area contributed by atoms with Crippen LogP contribution in [0.15, 0.2) is 47.7 Å². The van der Waals surface area contributed by atoms with Crippen molar-refractivity contribution in [2.75, 3.05) is 0 Å². The van der Waals surface area contributed by atoms with Gasteiger partial charge in [-0.05, 0) is 79.8 Å². The lowest BCUT2D eigenvalue weighted by Gasteiger charge is -2.28. The van der Waals surface area contributed by atoms with E-state index in [1.165, 1.54) is 12.1 Å². The first-order valence-electron chi connectivity index (χ1n) is 10.8. The molecule has 0 bridgehead atoms. The van der Waals surface area contributed by atoms with Crippen LogP contribution in [0.4, 0.5) is 4.39 Å². The second-order valence-electron chi connectivity index (χ2n) is 8.33. The highest BCUT2D eigenvalue weighted by Crippen LogP contribution is 2.40. The van der Waals surface area contributed by atoms with E-state index in [9.17, 15) is 14.0 Å². The summed E-state index contributed by atoms with van der Waals surface area (Å²) in [6.45, 7) is 0. The molecule has 2 aromatic rings. The Labute approximate surface area is 190 Å². The number of rotatable bonds is 6. The Morgan fingerprint density at radius 1 is 1.09 bits per heavy atom. The lowest BCUT2D eigenvalue weighted by atomic mass is 9.78. The van der Waals surface area contributed by atoms with Gasteiger partial charge in [-0.1, -0.05) is 30.2 Å². The fourth-order valence-corrected chi connectivity index (χ4v) is 4.64. The Morgan fingerprint density at radius 3 is 2.50 bits per heavy atom. The summed E-state index contributed by atoms with van der Waals surface area (Å²) in [5.74, 6) is -1.97. The molecule has 3 N–H and O–H groups in total. The van der Waals surface area contributed by atoms with Gasteiger partial charge < -0.3 is 10.4 Å². The van der Waals surface area contributed by atoms with Crippen molar-refractivity contribution in [3.8, 4) is 0 Å². The first-order chi connectivity index (χ1) is 15.4. The van der Waals surface area contributed by atoms with Crippen LogP contribution in [0.2, 0.25) is 5.02 Å². The van der Waals surface area contributed by atoms with Crippen LogP contribution in [0.3, 0.4) is 0 Å². The third-order valence-electron chi connectivity index (χ3n) is 6.34. The largest absolute Gasteiger partial charge is 0.478 e. The van der Waals surface area contributed by atoms with Crippen LogP contribution in [0.1, 0.15) is 82.7 Å². The van der Waals surface area contributed by atoms with Crippen LogP contribution < -0.4 is 5.32 Å². The van der Waals surface area contributed by atoms with E-state index in [1.807, 2.05) is 12.1 Å². The first-order valence-corrected chi connectivity index (χ1v) is 11.2. The summed E-state index contributed by atoms with van der Waals surface area (Å²) in [7, 11) is 0. The third-order valence-corrected chi connectivity index (χ3v) is 6.65. The van der Waals surface area contributed by atoms with Crippen LogP contribution in [-0.4, -0.2) is 22.7 Å². The first kappa shape index (κ1) is 22.2. The molecule has 0 unspecified atom stereocenters. The minimum Gasteiger partial charge on any atom is -0.478 e. The topological polar surface area (TPSA) is 90.3 Å². The number of hydrogen-bond donors (Lipinski definition) is 3. The molecule has 2 aliphatic carbocycles. The molecule has 166 valence electrons. The average molecular weight is 455 g/mol. The van der Waals surface area contributed by atoms with Crippen molar-refractivity contribution in [1.29, 1.82) is 5.41 Å². The van der Waals surface area contributed by atoms with E-state index < -0.39 is 11.8 Å². The zero-order valence-electron chi connectivity index (χ0n) is 17.5. The molecule has 2 aromatic carbocycles. The van der Waals surface area contributed by atoms with Gasteiger partial charge in [0.2, 0.25) is 0 Å². The van der Waals surface area contributed by atoms with Gasteiger partial charge in [-0.15, -0.1) is 0 Å². The SMILES string of the molecule is N=C(C1=C(NC(=O)c2c(Cl)cccc2C2CCC2)CCCC1)c1ccc(C(=O)O)cc1F. The second-order valence-corrected chi connectivity index (χ2v) is 8.73. The highest BCUT2D eigenvalue weighted by atomic mass is 35.5. The predicted molar refractivity (Wildman–Crippen MR) is 121 cm³/mol. The lowest BCUT2D eigenvalue weighted by molar-refractivity contribution is 0.0696. The van der Waals surface area contributed by atoms with Gasteiger partial charge in [0, 0.05) is 11.3 Å². The molecule has 0 spiro atoms. The monoisotopic (exact) mass is 454 g/mol. The number of carbonyl (C=O) groups excluding carboxylic acids is 1. The number of hydrogen-bond acceptors (Lipinski definition) is 3. The van der Waals surface area contributed by atoms with Crippen LogP contribution in [0.25, 0.3) is 0 Å². The quantitative estimate of drug-likeness (QED) is 0.462. The van der Waals surface area contributed by atoms with Gasteiger partial charge in [-0.25, -0.2) is 9.18 Å². The molecule has 1 saturated carbocycles. The van der Waals surface area contributed by atoms with E-state index >= 15 is 0 Å². The molecular weight excluding hydrogens is 431 g/mol. The van der Waals surface area contributed by atoms with Gasteiger partial charge in [0.25, 0.3) is 5.91 Å². The van der Waals surface area contributed by atoms with Crippen LogP contribution in [0, 0.1) is 11.2 Å². The van der Waals surface area contributed by atoms with E-state index in [4.69, 9.17) is 22.1 Å². The molecule has 0 atom stereocenters. The number of allylic oxidation sites excluding steroid dienone is 2. The number of carboxylic acids is 1. The van der Waals surface area contributed by atoms with Crippen molar-refractivity contribution in [3.05, 3.63) is 80.8 Å². The van der Waals surface area contributed by atoms with Crippen LogP contribution >= 0.6 is 11.6 Å².